The number of rotatable bonds is 11. The number of hydrogen-bond acceptors (Lipinski definition) is 3. The molecule has 1 atom stereocenters. The average molecular weight is 574 g/mol. The highest BCUT2D eigenvalue weighted by atomic mass is 35.5. The molecule has 4 rings (SSSR count). The first kappa shape index (κ1) is 28.5. The summed E-state index contributed by atoms with van der Waals surface area (Å²) in [6, 6.07) is 20.7. The molecule has 1 aliphatic carbocycles. The molecule has 0 heterocycles. The van der Waals surface area contributed by atoms with Crippen LogP contribution in [0.4, 0.5) is 4.39 Å². The fourth-order valence-corrected chi connectivity index (χ4v) is 6.14. The molecule has 0 spiro atoms. The van der Waals surface area contributed by atoms with Gasteiger partial charge in [-0.25, -0.2) is 4.39 Å². The molecule has 0 unspecified atom stereocenters. The van der Waals surface area contributed by atoms with Gasteiger partial charge in [-0.2, -0.15) is 0 Å². The van der Waals surface area contributed by atoms with E-state index in [4.69, 9.17) is 23.2 Å². The molecule has 8 heteroatoms. The van der Waals surface area contributed by atoms with Gasteiger partial charge in [-0.1, -0.05) is 90.6 Å². The molecular formula is C30H31Cl2FN2O2S. The van der Waals surface area contributed by atoms with Crippen molar-refractivity contribution in [2.75, 3.05) is 5.75 Å². The Kier molecular flexibility index (Phi) is 10.5. The van der Waals surface area contributed by atoms with Crippen LogP contribution < -0.4 is 5.32 Å². The van der Waals surface area contributed by atoms with Gasteiger partial charge < -0.3 is 10.2 Å². The Morgan fingerprint density at radius 1 is 0.947 bits per heavy atom. The van der Waals surface area contributed by atoms with Crippen molar-refractivity contribution in [3.8, 4) is 0 Å². The number of nitrogens with one attached hydrogen (secondary N) is 1. The minimum Gasteiger partial charge on any atom is -0.352 e. The van der Waals surface area contributed by atoms with Gasteiger partial charge in [0.1, 0.15) is 11.9 Å². The highest BCUT2D eigenvalue weighted by molar-refractivity contribution is 7.99. The molecule has 1 fully saturated rings. The molecule has 1 saturated carbocycles. The van der Waals surface area contributed by atoms with Crippen molar-refractivity contribution >= 4 is 46.8 Å². The minimum atomic E-state index is -0.757. The van der Waals surface area contributed by atoms with Crippen LogP contribution in [0.25, 0.3) is 0 Å². The third kappa shape index (κ3) is 7.75. The van der Waals surface area contributed by atoms with Crippen molar-refractivity contribution in [1.29, 1.82) is 0 Å². The number of amides is 2. The Morgan fingerprint density at radius 2 is 1.61 bits per heavy atom. The van der Waals surface area contributed by atoms with E-state index in [1.165, 1.54) is 17.8 Å². The summed E-state index contributed by atoms with van der Waals surface area (Å²) >= 11 is 14.3. The van der Waals surface area contributed by atoms with Crippen molar-refractivity contribution < 1.29 is 14.0 Å². The maximum atomic E-state index is 14.1. The topological polar surface area (TPSA) is 49.4 Å². The maximum Gasteiger partial charge on any atom is 0.243 e. The summed E-state index contributed by atoms with van der Waals surface area (Å²) in [5, 5.41) is 4.05. The SMILES string of the molecule is O=C(NC1CCCC1)[C@H](Cc1ccccc1)N(Cc1c(Cl)cccc1Cl)C(=O)CSCc1ccccc1F. The Hall–Kier alpha value is -2.54. The zero-order chi connectivity index (χ0) is 26.9. The largest absolute Gasteiger partial charge is 0.352 e. The van der Waals surface area contributed by atoms with Gasteiger partial charge in [0.25, 0.3) is 0 Å². The lowest BCUT2D eigenvalue weighted by atomic mass is 10.0. The molecule has 1 N–H and O–H groups in total. The van der Waals surface area contributed by atoms with Crippen molar-refractivity contribution in [2.24, 2.45) is 0 Å². The second-order valence-electron chi connectivity index (χ2n) is 9.50. The second-order valence-corrected chi connectivity index (χ2v) is 11.3. The van der Waals surface area contributed by atoms with Gasteiger partial charge in [-0.05, 0) is 42.2 Å². The van der Waals surface area contributed by atoms with Gasteiger partial charge in [0, 0.05) is 40.4 Å². The molecule has 200 valence electrons. The van der Waals surface area contributed by atoms with E-state index in [9.17, 15) is 14.0 Å². The van der Waals surface area contributed by atoms with Gasteiger partial charge in [-0.3, -0.25) is 9.59 Å². The predicted molar refractivity (Wildman–Crippen MR) is 154 cm³/mol. The lowest BCUT2D eigenvalue weighted by Gasteiger charge is -2.33. The number of benzene rings is 3. The van der Waals surface area contributed by atoms with E-state index in [-0.39, 0.29) is 36.0 Å². The van der Waals surface area contributed by atoms with E-state index in [2.05, 4.69) is 5.32 Å². The van der Waals surface area contributed by atoms with E-state index in [1.807, 2.05) is 30.3 Å². The van der Waals surface area contributed by atoms with Crippen LogP contribution in [-0.4, -0.2) is 34.6 Å². The summed E-state index contributed by atoms with van der Waals surface area (Å²) in [6.45, 7) is 0.0905. The summed E-state index contributed by atoms with van der Waals surface area (Å²) in [4.78, 5) is 29.1. The third-order valence-corrected chi connectivity index (χ3v) is 8.48. The van der Waals surface area contributed by atoms with E-state index >= 15 is 0 Å². The summed E-state index contributed by atoms with van der Waals surface area (Å²) in [7, 11) is 0. The average Bonchev–Trinajstić information content (AvgIpc) is 3.42. The standard InChI is InChI=1S/C30H31Cl2FN2O2S/c31-25-14-8-15-26(32)24(25)18-35(29(36)20-38-19-22-11-4-7-16-27(22)33)28(17-21-9-2-1-3-10-21)30(37)34-23-12-5-6-13-23/h1-4,7-11,14-16,23,28H,5-6,12-13,17-20H2,(H,34,37)/t28-/m0/s1. The van der Waals surface area contributed by atoms with Crippen molar-refractivity contribution in [3.63, 3.8) is 0 Å². The normalized spacial score (nSPS) is 14.3. The van der Waals surface area contributed by atoms with Gasteiger partial charge >= 0.3 is 0 Å². The third-order valence-electron chi connectivity index (χ3n) is 6.80. The van der Waals surface area contributed by atoms with Crippen LogP contribution in [0.1, 0.15) is 42.4 Å². The fourth-order valence-electron chi connectivity index (χ4n) is 4.72. The van der Waals surface area contributed by atoms with Crippen LogP contribution >= 0.6 is 35.0 Å². The number of carbonyl (C=O) groups excluding carboxylic acids is 2. The predicted octanol–water partition coefficient (Wildman–Crippen LogP) is 7.06. The highest BCUT2D eigenvalue weighted by Gasteiger charge is 2.32. The van der Waals surface area contributed by atoms with E-state index in [0.717, 1.165) is 31.2 Å². The first-order valence-corrected chi connectivity index (χ1v) is 14.7. The van der Waals surface area contributed by atoms with E-state index in [1.54, 1.807) is 41.3 Å². The summed E-state index contributed by atoms with van der Waals surface area (Å²) in [5.41, 5.74) is 2.07. The molecule has 0 aromatic heterocycles. The number of halogens is 3. The van der Waals surface area contributed by atoms with Crippen LogP contribution in [0, 0.1) is 5.82 Å². The van der Waals surface area contributed by atoms with Crippen molar-refractivity contribution in [2.45, 2.75) is 56.5 Å². The lowest BCUT2D eigenvalue weighted by Crippen LogP contribution is -2.52. The monoisotopic (exact) mass is 572 g/mol. The quantitative estimate of drug-likeness (QED) is 0.267. The maximum absolute atomic E-state index is 14.1. The number of carbonyl (C=O) groups is 2. The Bertz CT molecular complexity index is 1220. The summed E-state index contributed by atoms with van der Waals surface area (Å²) in [6.07, 6.45) is 4.39. The number of hydrogen-bond donors (Lipinski definition) is 1. The Labute approximate surface area is 237 Å². The molecule has 0 aliphatic heterocycles. The summed E-state index contributed by atoms with van der Waals surface area (Å²) < 4.78 is 14.1. The zero-order valence-electron chi connectivity index (χ0n) is 21.0. The molecule has 1 aliphatic rings. The number of thioether (sulfide) groups is 1. The molecular weight excluding hydrogens is 542 g/mol. The highest BCUT2D eigenvalue weighted by Crippen LogP contribution is 2.28. The molecule has 3 aromatic rings. The lowest BCUT2D eigenvalue weighted by molar-refractivity contribution is -0.139. The van der Waals surface area contributed by atoms with Crippen molar-refractivity contribution in [1.82, 2.24) is 10.2 Å². The summed E-state index contributed by atoms with van der Waals surface area (Å²) in [5.74, 6) is -0.291. The van der Waals surface area contributed by atoms with Crippen LogP contribution in [0.2, 0.25) is 10.0 Å². The zero-order valence-corrected chi connectivity index (χ0v) is 23.4. The van der Waals surface area contributed by atoms with Gasteiger partial charge in [0.2, 0.25) is 11.8 Å². The van der Waals surface area contributed by atoms with Crippen LogP contribution in [0.15, 0.2) is 72.8 Å². The molecule has 38 heavy (non-hydrogen) atoms. The Morgan fingerprint density at radius 3 is 2.29 bits per heavy atom. The van der Waals surface area contributed by atoms with Crippen LogP contribution in [0.3, 0.4) is 0 Å². The fraction of sp³-hybridized carbons (Fsp3) is 0.333. The van der Waals surface area contributed by atoms with Crippen molar-refractivity contribution in [3.05, 3.63) is 105 Å². The van der Waals surface area contributed by atoms with E-state index in [0.29, 0.717) is 33.3 Å². The molecule has 0 bridgehead atoms. The minimum absolute atomic E-state index is 0.0818. The van der Waals surface area contributed by atoms with Gasteiger partial charge in [0.15, 0.2) is 0 Å². The van der Waals surface area contributed by atoms with Gasteiger partial charge in [0.05, 0.1) is 5.75 Å². The Balaban J connectivity index is 1.61. The number of nitrogens with zero attached hydrogens (tertiary/aromatic N) is 1. The van der Waals surface area contributed by atoms with Crippen LogP contribution in [0.5, 0.6) is 0 Å². The van der Waals surface area contributed by atoms with Gasteiger partial charge in [-0.15, -0.1) is 11.8 Å². The molecule has 0 saturated heterocycles. The molecule has 0 radical (unpaired) electrons. The first-order chi connectivity index (χ1) is 18.4. The molecule has 2 amide bonds. The smallest absolute Gasteiger partial charge is 0.243 e. The first-order valence-electron chi connectivity index (χ1n) is 12.8. The molecule has 4 nitrogen and oxygen atoms in total. The second kappa shape index (κ2) is 14.0. The van der Waals surface area contributed by atoms with E-state index < -0.39 is 6.04 Å². The van der Waals surface area contributed by atoms with Crippen LogP contribution in [-0.2, 0) is 28.3 Å². The molecule has 3 aromatic carbocycles.